The minimum absolute atomic E-state index is 0.0271. The molecule has 0 aromatic carbocycles. The Morgan fingerprint density at radius 3 is 3.08 bits per heavy atom. The normalized spacial score (nSPS) is 9.69. The van der Waals surface area contributed by atoms with Gasteiger partial charge < -0.3 is 11.1 Å². The van der Waals surface area contributed by atoms with Crippen molar-refractivity contribution in [1.82, 2.24) is 10.3 Å². The quantitative estimate of drug-likeness (QED) is 0.684. The number of nitrogens with zero attached hydrogens (tertiary/aromatic N) is 1. The van der Waals surface area contributed by atoms with Crippen LogP contribution in [0.5, 0.6) is 0 Å². The SMILES string of the molecule is Cc1ccncc1CNC(=O)CN. The topological polar surface area (TPSA) is 68.0 Å². The van der Waals surface area contributed by atoms with Crippen molar-refractivity contribution in [2.75, 3.05) is 6.54 Å². The second-order valence-electron chi connectivity index (χ2n) is 2.78. The molecule has 4 nitrogen and oxygen atoms in total. The summed E-state index contributed by atoms with van der Waals surface area (Å²) in [6.07, 6.45) is 3.47. The van der Waals surface area contributed by atoms with Crippen molar-refractivity contribution >= 4 is 5.91 Å². The van der Waals surface area contributed by atoms with Crippen LogP contribution in [-0.4, -0.2) is 17.4 Å². The average Bonchev–Trinajstić information content (AvgIpc) is 2.16. The van der Waals surface area contributed by atoms with E-state index in [1.165, 1.54) is 0 Å². The Morgan fingerprint density at radius 1 is 1.69 bits per heavy atom. The number of pyridine rings is 1. The van der Waals surface area contributed by atoms with Crippen molar-refractivity contribution in [3.05, 3.63) is 29.6 Å². The Labute approximate surface area is 77.2 Å². The van der Waals surface area contributed by atoms with Gasteiger partial charge in [0.25, 0.3) is 0 Å². The summed E-state index contributed by atoms with van der Waals surface area (Å²) < 4.78 is 0. The second kappa shape index (κ2) is 4.57. The molecule has 0 spiro atoms. The van der Waals surface area contributed by atoms with Crippen LogP contribution in [0.2, 0.25) is 0 Å². The fraction of sp³-hybridized carbons (Fsp3) is 0.333. The van der Waals surface area contributed by atoms with Gasteiger partial charge in [-0.15, -0.1) is 0 Å². The number of hydrogen-bond donors (Lipinski definition) is 2. The van der Waals surface area contributed by atoms with Gasteiger partial charge in [-0.1, -0.05) is 0 Å². The van der Waals surface area contributed by atoms with E-state index in [0.717, 1.165) is 11.1 Å². The predicted molar refractivity (Wildman–Crippen MR) is 49.9 cm³/mol. The molecule has 1 rings (SSSR count). The fourth-order valence-electron chi connectivity index (χ4n) is 0.948. The molecule has 0 aliphatic rings. The first-order chi connectivity index (χ1) is 6.24. The largest absolute Gasteiger partial charge is 0.351 e. The molecule has 1 aromatic heterocycles. The summed E-state index contributed by atoms with van der Waals surface area (Å²) in [6, 6.07) is 1.91. The third kappa shape index (κ3) is 2.83. The van der Waals surface area contributed by atoms with E-state index in [9.17, 15) is 4.79 Å². The van der Waals surface area contributed by atoms with Gasteiger partial charge in [-0.05, 0) is 24.1 Å². The van der Waals surface area contributed by atoms with Crippen molar-refractivity contribution in [3.8, 4) is 0 Å². The second-order valence-corrected chi connectivity index (χ2v) is 2.78. The number of hydrogen-bond acceptors (Lipinski definition) is 3. The third-order valence-electron chi connectivity index (χ3n) is 1.81. The van der Waals surface area contributed by atoms with E-state index in [1.807, 2.05) is 13.0 Å². The number of aryl methyl sites for hydroxylation is 1. The lowest BCUT2D eigenvalue weighted by atomic mass is 10.1. The average molecular weight is 179 g/mol. The lowest BCUT2D eigenvalue weighted by molar-refractivity contribution is -0.119. The summed E-state index contributed by atoms with van der Waals surface area (Å²) in [5.41, 5.74) is 7.28. The van der Waals surface area contributed by atoms with Gasteiger partial charge in [0, 0.05) is 18.9 Å². The van der Waals surface area contributed by atoms with Gasteiger partial charge in [0.15, 0.2) is 0 Å². The zero-order chi connectivity index (χ0) is 9.68. The molecule has 1 aromatic rings. The summed E-state index contributed by atoms with van der Waals surface area (Å²) in [7, 11) is 0. The zero-order valence-corrected chi connectivity index (χ0v) is 7.58. The minimum Gasteiger partial charge on any atom is -0.351 e. The third-order valence-corrected chi connectivity index (χ3v) is 1.81. The van der Waals surface area contributed by atoms with E-state index in [2.05, 4.69) is 10.3 Å². The Morgan fingerprint density at radius 2 is 2.46 bits per heavy atom. The fourth-order valence-corrected chi connectivity index (χ4v) is 0.948. The number of nitrogens with one attached hydrogen (secondary N) is 1. The van der Waals surface area contributed by atoms with Crippen LogP contribution in [0, 0.1) is 6.92 Å². The van der Waals surface area contributed by atoms with Crippen LogP contribution in [0.25, 0.3) is 0 Å². The maximum atomic E-state index is 10.8. The Kier molecular flexibility index (Phi) is 3.40. The van der Waals surface area contributed by atoms with Gasteiger partial charge in [-0.25, -0.2) is 0 Å². The number of nitrogens with two attached hydrogens (primary N) is 1. The van der Waals surface area contributed by atoms with Gasteiger partial charge >= 0.3 is 0 Å². The molecule has 0 aliphatic carbocycles. The highest BCUT2D eigenvalue weighted by atomic mass is 16.1. The van der Waals surface area contributed by atoms with Crippen molar-refractivity contribution in [3.63, 3.8) is 0 Å². The molecule has 1 heterocycles. The first kappa shape index (κ1) is 9.67. The maximum Gasteiger partial charge on any atom is 0.234 e. The van der Waals surface area contributed by atoms with E-state index in [4.69, 9.17) is 5.73 Å². The Balaban J connectivity index is 2.54. The van der Waals surface area contributed by atoms with Crippen LogP contribution >= 0.6 is 0 Å². The van der Waals surface area contributed by atoms with Crippen molar-refractivity contribution in [2.24, 2.45) is 5.73 Å². The van der Waals surface area contributed by atoms with E-state index in [-0.39, 0.29) is 12.5 Å². The van der Waals surface area contributed by atoms with Gasteiger partial charge in [0.05, 0.1) is 6.54 Å². The van der Waals surface area contributed by atoms with Crippen molar-refractivity contribution in [2.45, 2.75) is 13.5 Å². The summed E-state index contributed by atoms with van der Waals surface area (Å²) >= 11 is 0. The van der Waals surface area contributed by atoms with Gasteiger partial charge in [0.2, 0.25) is 5.91 Å². The monoisotopic (exact) mass is 179 g/mol. The summed E-state index contributed by atoms with van der Waals surface area (Å²) in [4.78, 5) is 14.8. The van der Waals surface area contributed by atoms with Gasteiger partial charge in [-0.3, -0.25) is 9.78 Å². The molecule has 0 bridgehead atoms. The van der Waals surface area contributed by atoms with Crippen LogP contribution < -0.4 is 11.1 Å². The molecule has 13 heavy (non-hydrogen) atoms. The van der Waals surface area contributed by atoms with Crippen LogP contribution in [0.4, 0.5) is 0 Å². The van der Waals surface area contributed by atoms with E-state index in [1.54, 1.807) is 12.4 Å². The van der Waals surface area contributed by atoms with E-state index < -0.39 is 0 Å². The number of carbonyl (C=O) groups excluding carboxylic acids is 1. The van der Waals surface area contributed by atoms with Crippen LogP contribution in [0.3, 0.4) is 0 Å². The molecule has 0 saturated carbocycles. The molecular formula is C9H13N3O. The van der Waals surface area contributed by atoms with Gasteiger partial charge in [0.1, 0.15) is 0 Å². The highest BCUT2D eigenvalue weighted by Gasteiger charge is 1.99. The predicted octanol–water partition coefficient (Wildman–Crippen LogP) is -0.0351. The molecular weight excluding hydrogens is 166 g/mol. The lowest BCUT2D eigenvalue weighted by Crippen LogP contribution is -2.29. The van der Waals surface area contributed by atoms with Crippen LogP contribution in [0.1, 0.15) is 11.1 Å². The Bertz CT molecular complexity index is 299. The standard InChI is InChI=1S/C9H13N3O/c1-7-2-3-11-5-8(7)6-12-9(13)4-10/h2-3,5H,4,6,10H2,1H3,(H,12,13). The van der Waals surface area contributed by atoms with Gasteiger partial charge in [-0.2, -0.15) is 0 Å². The summed E-state index contributed by atoms with van der Waals surface area (Å²) in [5.74, 6) is -0.150. The van der Waals surface area contributed by atoms with Crippen LogP contribution in [-0.2, 0) is 11.3 Å². The number of aromatic nitrogens is 1. The zero-order valence-electron chi connectivity index (χ0n) is 7.58. The van der Waals surface area contributed by atoms with Crippen LogP contribution in [0.15, 0.2) is 18.5 Å². The van der Waals surface area contributed by atoms with E-state index in [0.29, 0.717) is 6.54 Å². The molecule has 0 unspecified atom stereocenters. The molecule has 0 fully saturated rings. The minimum atomic E-state index is -0.150. The smallest absolute Gasteiger partial charge is 0.234 e. The summed E-state index contributed by atoms with van der Waals surface area (Å²) in [5, 5.41) is 2.69. The molecule has 4 heteroatoms. The molecule has 1 amide bonds. The number of rotatable bonds is 3. The molecule has 0 atom stereocenters. The molecule has 0 aliphatic heterocycles. The maximum absolute atomic E-state index is 10.8. The van der Waals surface area contributed by atoms with E-state index >= 15 is 0 Å². The lowest BCUT2D eigenvalue weighted by Gasteiger charge is -2.05. The molecule has 0 radical (unpaired) electrons. The highest BCUT2D eigenvalue weighted by Crippen LogP contribution is 2.03. The molecule has 3 N–H and O–H groups in total. The van der Waals surface area contributed by atoms with Crippen molar-refractivity contribution < 1.29 is 4.79 Å². The number of amides is 1. The molecule has 0 saturated heterocycles. The number of carbonyl (C=O) groups is 1. The first-order valence-electron chi connectivity index (χ1n) is 4.10. The highest BCUT2D eigenvalue weighted by molar-refractivity contribution is 5.77. The molecule has 70 valence electrons. The van der Waals surface area contributed by atoms with Crippen molar-refractivity contribution in [1.29, 1.82) is 0 Å². The first-order valence-corrected chi connectivity index (χ1v) is 4.10. The summed E-state index contributed by atoms with van der Waals surface area (Å²) in [6.45, 7) is 2.50. The Hall–Kier alpha value is -1.42.